The first-order chi connectivity index (χ1) is 8.79. The number of carbonyl (C=O) groups excluding carboxylic acids is 1. The standard InChI is InChI=1S/C16H11NO/c17-12-14-6-9-15(10-7-14)16(18)11-8-13-4-2-1-3-5-13/h1-11H/b11-8-. The Balaban J connectivity index is 2.12. The van der Waals surface area contributed by atoms with Gasteiger partial charge in [-0.3, -0.25) is 4.79 Å². The molecule has 0 saturated carbocycles. The third-order valence-electron chi connectivity index (χ3n) is 2.53. The van der Waals surface area contributed by atoms with E-state index in [1.807, 2.05) is 36.4 Å². The number of benzene rings is 2. The van der Waals surface area contributed by atoms with Gasteiger partial charge >= 0.3 is 0 Å². The highest BCUT2D eigenvalue weighted by atomic mass is 16.1. The molecular weight excluding hydrogens is 222 g/mol. The third-order valence-corrected chi connectivity index (χ3v) is 2.53. The number of carbonyl (C=O) groups is 1. The van der Waals surface area contributed by atoms with Gasteiger partial charge in [-0.05, 0) is 35.9 Å². The summed E-state index contributed by atoms with van der Waals surface area (Å²) in [7, 11) is 0. The number of rotatable bonds is 3. The van der Waals surface area contributed by atoms with Crippen molar-refractivity contribution in [3.05, 3.63) is 77.4 Å². The van der Waals surface area contributed by atoms with E-state index in [1.54, 1.807) is 30.3 Å². The lowest BCUT2D eigenvalue weighted by atomic mass is 10.1. The molecule has 2 rings (SSSR count). The maximum atomic E-state index is 11.8. The van der Waals surface area contributed by atoms with Crippen molar-refractivity contribution in [2.75, 3.05) is 0 Å². The Morgan fingerprint density at radius 2 is 1.67 bits per heavy atom. The lowest BCUT2D eigenvalue weighted by Gasteiger charge is -1.96. The van der Waals surface area contributed by atoms with Crippen molar-refractivity contribution < 1.29 is 4.79 Å². The molecule has 2 nitrogen and oxygen atoms in total. The van der Waals surface area contributed by atoms with Crippen molar-refractivity contribution in [2.24, 2.45) is 0 Å². The van der Waals surface area contributed by atoms with E-state index in [-0.39, 0.29) is 5.78 Å². The first-order valence-corrected chi connectivity index (χ1v) is 5.57. The zero-order chi connectivity index (χ0) is 12.8. The van der Waals surface area contributed by atoms with Crippen molar-refractivity contribution in [3.63, 3.8) is 0 Å². The number of allylic oxidation sites excluding steroid dienone is 1. The fourth-order valence-electron chi connectivity index (χ4n) is 1.54. The molecule has 0 bridgehead atoms. The second-order valence-corrected chi connectivity index (χ2v) is 3.80. The highest BCUT2D eigenvalue weighted by Gasteiger charge is 2.01. The van der Waals surface area contributed by atoms with E-state index >= 15 is 0 Å². The molecule has 0 unspecified atom stereocenters. The van der Waals surface area contributed by atoms with Gasteiger partial charge in [-0.15, -0.1) is 0 Å². The van der Waals surface area contributed by atoms with Crippen LogP contribution in [0.25, 0.3) is 6.08 Å². The molecule has 0 heterocycles. The van der Waals surface area contributed by atoms with Crippen LogP contribution >= 0.6 is 0 Å². The zero-order valence-electron chi connectivity index (χ0n) is 9.71. The second-order valence-electron chi connectivity index (χ2n) is 3.80. The van der Waals surface area contributed by atoms with Crippen LogP contribution < -0.4 is 0 Å². The van der Waals surface area contributed by atoms with Gasteiger partial charge in [0.1, 0.15) is 0 Å². The van der Waals surface area contributed by atoms with Crippen LogP contribution in [0, 0.1) is 11.3 Å². The van der Waals surface area contributed by atoms with Gasteiger partial charge in [-0.2, -0.15) is 5.26 Å². The Hall–Kier alpha value is -2.66. The van der Waals surface area contributed by atoms with E-state index in [0.717, 1.165) is 5.56 Å². The van der Waals surface area contributed by atoms with Gasteiger partial charge in [0.15, 0.2) is 5.78 Å². The van der Waals surface area contributed by atoms with Gasteiger partial charge in [-0.1, -0.05) is 36.4 Å². The van der Waals surface area contributed by atoms with Gasteiger partial charge in [0.05, 0.1) is 11.6 Å². The maximum Gasteiger partial charge on any atom is 0.185 e. The molecule has 86 valence electrons. The van der Waals surface area contributed by atoms with E-state index in [2.05, 4.69) is 0 Å². The van der Waals surface area contributed by atoms with Crippen molar-refractivity contribution in [1.82, 2.24) is 0 Å². The summed E-state index contributed by atoms with van der Waals surface area (Å²) < 4.78 is 0. The van der Waals surface area contributed by atoms with Gasteiger partial charge in [0.2, 0.25) is 0 Å². The minimum absolute atomic E-state index is 0.0663. The monoisotopic (exact) mass is 233 g/mol. The van der Waals surface area contributed by atoms with E-state index < -0.39 is 0 Å². The fourth-order valence-corrected chi connectivity index (χ4v) is 1.54. The Morgan fingerprint density at radius 1 is 1.00 bits per heavy atom. The summed E-state index contributed by atoms with van der Waals surface area (Å²) in [5, 5.41) is 8.67. The van der Waals surface area contributed by atoms with Crippen LogP contribution in [-0.2, 0) is 0 Å². The van der Waals surface area contributed by atoms with Gasteiger partial charge in [-0.25, -0.2) is 0 Å². The molecular formula is C16H11NO. The van der Waals surface area contributed by atoms with Crippen LogP contribution in [0.1, 0.15) is 21.5 Å². The Morgan fingerprint density at radius 3 is 2.28 bits per heavy atom. The lowest BCUT2D eigenvalue weighted by Crippen LogP contribution is -1.93. The summed E-state index contributed by atoms with van der Waals surface area (Å²) in [5.41, 5.74) is 2.12. The number of ketones is 1. The summed E-state index contributed by atoms with van der Waals surface area (Å²) in [6.45, 7) is 0. The highest BCUT2D eigenvalue weighted by Crippen LogP contribution is 2.07. The van der Waals surface area contributed by atoms with Crippen LogP contribution in [0.5, 0.6) is 0 Å². The molecule has 0 aliphatic carbocycles. The predicted octanol–water partition coefficient (Wildman–Crippen LogP) is 3.45. The molecule has 0 aliphatic heterocycles. The summed E-state index contributed by atoms with van der Waals surface area (Å²) in [6.07, 6.45) is 3.32. The lowest BCUT2D eigenvalue weighted by molar-refractivity contribution is 0.104. The van der Waals surface area contributed by atoms with Gasteiger partial charge < -0.3 is 0 Å². The van der Waals surface area contributed by atoms with E-state index in [4.69, 9.17) is 5.26 Å². The van der Waals surface area contributed by atoms with Crippen molar-refractivity contribution in [2.45, 2.75) is 0 Å². The molecule has 0 spiro atoms. The second kappa shape index (κ2) is 5.60. The minimum atomic E-state index is -0.0663. The predicted molar refractivity (Wildman–Crippen MR) is 71.0 cm³/mol. The maximum absolute atomic E-state index is 11.8. The first kappa shape index (κ1) is 11.8. The molecule has 0 radical (unpaired) electrons. The highest BCUT2D eigenvalue weighted by molar-refractivity contribution is 6.06. The summed E-state index contributed by atoms with van der Waals surface area (Å²) >= 11 is 0. The Bertz CT molecular complexity index is 604. The fraction of sp³-hybridized carbons (Fsp3) is 0. The Kier molecular flexibility index (Phi) is 3.68. The summed E-state index contributed by atoms with van der Waals surface area (Å²) in [5.74, 6) is -0.0663. The normalized spacial score (nSPS) is 10.2. The molecule has 2 aromatic carbocycles. The quantitative estimate of drug-likeness (QED) is 0.601. The summed E-state index contributed by atoms with van der Waals surface area (Å²) in [4.78, 5) is 11.8. The molecule has 0 N–H and O–H groups in total. The molecule has 0 atom stereocenters. The van der Waals surface area contributed by atoms with Crippen molar-refractivity contribution >= 4 is 11.9 Å². The molecule has 2 heteroatoms. The third kappa shape index (κ3) is 2.93. The zero-order valence-corrected chi connectivity index (χ0v) is 9.71. The van der Waals surface area contributed by atoms with Crippen LogP contribution in [0.15, 0.2) is 60.7 Å². The average Bonchev–Trinajstić information content (AvgIpc) is 2.46. The number of hydrogen-bond donors (Lipinski definition) is 0. The van der Waals surface area contributed by atoms with E-state index in [9.17, 15) is 4.79 Å². The smallest absolute Gasteiger partial charge is 0.185 e. The first-order valence-electron chi connectivity index (χ1n) is 5.57. The van der Waals surface area contributed by atoms with E-state index in [0.29, 0.717) is 11.1 Å². The van der Waals surface area contributed by atoms with Crippen molar-refractivity contribution in [3.8, 4) is 6.07 Å². The molecule has 18 heavy (non-hydrogen) atoms. The number of nitriles is 1. The average molecular weight is 233 g/mol. The van der Waals surface area contributed by atoms with Crippen LogP contribution in [0.4, 0.5) is 0 Å². The van der Waals surface area contributed by atoms with E-state index in [1.165, 1.54) is 6.08 Å². The topological polar surface area (TPSA) is 40.9 Å². The Labute approximate surface area is 106 Å². The van der Waals surface area contributed by atoms with Crippen molar-refractivity contribution in [1.29, 1.82) is 5.26 Å². The molecule has 0 aromatic heterocycles. The molecule has 0 fully saturated rings. The largest absolute Gasteiger partial charge is 0.289 e. The molecule has 0 amide bonds. The SMILES string of the molecule is N#Cc1ccc(C(=O)/C=C\c2ccccc2)cc1. The number of hydrogen-bond acceptors (Lipinski definition) is 2. The van der Waals surface area contributed by atoms with Crippen LogP contribution in [-0.4, -0.2) is 5.78 Å². The minimum Gasteiger partial charge on any atom is -0.289 e. The molecule has 0 aliphatic rings. The molecule has 0 saturated heterocycles. The van der Waals surface area contributed by atoms with Crippen LogP contribution in [0.3, 0.4) is 0 Å². The number of nitrogens with zero attached hydrogens (tertiary/aromatic N) is 1. The molecule has 2 aromatic rings. The van der Waals surface area contributed by atoms with Gasteiger partial charge in [0.25, 0.3) is 0 Å². The van der Waals surface area contributed by atoms with Crippen LogP contribution in [0.2, 0.25) is 0 Å². The summed E-state index contributed by atoms with van der Waals surface area (Å²) in [6, 6.07) is 18.3. The van der Waals surface area contributed by atoms with Gasteiger partial charge in [0, 0.05) is 5.56 Å².